The molecule has 0 saturated carbocycles. The summed E-state index contributed by atoms with van der Waals surface area (Å²) in [6.07, 6.45) is 2.06. The topological polar surface area (TPSA) is 36.3 Å². The molecule has 0 aliphatic carbocycles. The zero-order valence-electron chi connectivity index (χ0n) is 8.74. The van der Waals surface area contributed by atoms with Crippen LogP contribution in [0.25, 0.3) is 0 Å². The molecule has 0 heterocycles. The van der Waals surface area contributed by atoms with Crippen molar-refractivity contribution < 1.29 is 4.74 Å². The van der Waals surface area contributed by atoms with Crippen molar-refractivity contribution in [3.8, 4) is 11.9 Å². The van der Waals surface area contributed by atoms with E-state index in [1.54, 1.807) is 19.1 Å². The summed E-state index contributed by atoms with van der Waals surface area (Å²) in [6.45, 7) is 2.61. The van der Waals surface area contributed by atoms with Gasteiger partial charge in [-0.15, -0.1) is 0 Å². The average molecular weight is 190 g/mol. The molecule has 0 aliphatic rings. The minimum Gasteiger partial charge on any atom is -0.496 e. The van der Waals surface area contributed by atoms with Gasteiger partial charge in [0.15, 0.2) is 6.19 Å². The Bertz CT molecular complexity index is 355. The van der Waals surface area contributed by atoms with Crippen molar-refractivity contribution in [1.82, 2.24) is 4.90 Å². The molecule has 14 heavy (non-hydrogen) atoms. The summed E-state index contributed by atoms with van der Waals surface area (Å²) in [5.74, 6) is 0.831. The number of nitriles is 1. The lowest BCUT2D eigenvalue weighted by molar-refractivity contribution is 0.394. The molecular formula is C11H14N2O. The Hall–Kier alpha value is -1.69. The van der Waals surface area contributed by atoms with Crippen LogP contribution in [0.3, 0.4) is 0 Å². The highest BCUT2D eigenvalue weighted by Crippen LogP contribution is 2.20. The summed E-state index contributed by atoms with van der Waals surface area (Å²) in [7, 11) is 3.39. The molecule has 0 radical (unpaired) electrons. The van der Waals surface area contributed by atoms with E-state index in [4.69, 9.17) is 10.00 Å². The van der Waals surface area contributed by atoms with Gasteiger partial charge in [-0.3, -0.25) is 0 Å². The fraction of sp³-hybridized carbons (Fsp3) is 0.364. The maximum absolute atomic E-state index is 8.66. The van der Waals surface area contributed by atoms with Crippen molar-refractivity contribution in [1.29, 1.82) is 5.26 Å². The first-order valence-corrected chi connectivity index (χ1v) is 4.41. The monoisotopic (exact) mass is 190 g/mol. The molecule has 0 aliphatic heterocycles. The van der Waals surface area contributed by atoms with Crippen LogP contribution < -0.4 is 4.74 Å². The molecule has 1 aromatic rings. The summed E-state index contributed by atoms with van der Waals surface area (Å²) in [6, 6.07) is 5.96. The van der Waals surface area contributed by atoms with Crippen molar-refractivity contribution in [3.63, 3.8) is 0 Å². The van der Waals surface area contributed by atoms with Crippen molar-refractivity contribution in [2.24, 2.45) is 0 Å². The van der Waals surface area contributed by atoms with E-state index in [-0.39, 0.29) is 0 Å². The highest BCUT2D eigenvalue weighted by atomic mass is 16.5. The van der Waals surface area contributed by atoms with Gasteiger partial charge in [-0.1, -0.05) is 17.7 Å². The minimum absolute atomic E-state index is 0.585. The van der Waals surface area contributed by atoms with Crippen LogP contribution in [0, 0.1) is 18.4 Å². The van der Waals surface area contributed by atoms with Crippen LogP contribution in [0.4, 0.5) is 0 Å². The van der Waals surface area contributed by atoms with Crippen LogP contribution in [0.2, 0.25) is 0 Å². The zero-order chi connectivity index (χ0) is 10.6. The Morgan fingerprint density at radius 1 is 1.50 bits per heavy atom. The van der Waals surface area contributed by atoms with Crippen molar-refractivity contribution in [2.75, 3.05) is 14.2 Å². The fourth-order valence-corrected chi connectivity index (χ4v) is 1.32. The molecule has 0 aromatic heterocycles. The van der Waals surface area contributed by atoms with E-state index in [0.29, 0.717) is 6.54 Å². The van der Waals surface area contributed by atoms with E-state index in [9.17, 15) is 0 Å². The molecule has 0 spiro atoms. The lowest BCUT2D eigenvalue weighted by atomic mass is 10.1. The normalized spacial score (nSPS) is 9.29. The SMILES string of the molecule is COc1ccc(C)cc1CN(C)C#N. The summed E-state index contributed by atoms with van der Waals surface area (Å²) in [4.78, 5) is 1.57. The second-order valence-electron chi connectivity index (χ2n) is 3.27. The lowest BCUT2D eigenvalue weighted by Crippen LogP contribution is -2.11. The lowest BCUT2D eigenvalue weighted by Gasteiger charge is -2.13. The smallest absolute Gasteiger partial charge is 0.179 e. The molecule has 0 N–H and O–H groups in total. The summed E-state index contributed by atoms with van der Waals surface area (Å²) in [5, 5.41) is 8.66. The van der Waals surface area contributed by atoms with Crippen LogP contribution in [-0.4, -0.2) is 19.1 Å². The number of ether oxygens (including phenoxy) is 1. The van der Waals surface area contributed by atoms with Gasteiger partial charge >= 0.3 is 0 Å². The second kappa shape index (κ2) is 4.52. The summed E-state index contributed by atoms with van der Waals surface area (Å²) < 4.78 is 5.21. The average Bonchev–Trinajstić information content (AvgIpc) is 2.18. The van der Waals surface area contributed by atoms with Crippen LogP contribution >= 0.6 is 0 Å². The van der Waals surface area contributed by atoms with Gasteiger partial charge in [0.25, 0.3) is 0 Å². The molecule has 0 bridgehead atoms. The predicted molar refractivity (Wildman–Crippen MR) is 54.8 cm³/mol. The Labute approximate surface area is 84.5 Å². The zero-order valence-corrected chi connectivity index (χ0v) is 8.74. The number of aryl methyl sites for hydroxylation is 1. The molecular weight excluding hydrogens is 176 g/mol. The van der Waals surface area contributed by atoms with Gasteiger partial charge in [-0.05, 0) is 13.0 Å². The van der Waals surface area contributed by atoms with Crippen LogP contribution in [0.15, 0.2) is 18.2 Å². The number of methoxy groups -OCH3 is 1. The maximum Gasteiger partial charge on any atom is 0.179 e. The highest BCUT2D eigenvalue weighted by Gasteiger charge is 2.04. The third-order valence-corrected chi connectivity index (χ3v) is 2.01. The number of hydrogen-bond donors (Lipinski definition) is 0. The van der Waals surface area contributed by atoms with Gasteiger partial charge in [0.2, 0.25) is 0 Å². The van der Waals surface area contributed by atoms with Crippen LogP contribution in [0.1, 0.15) is 11.1 Å². The predicted octanol–water partition coefficient (Wildman–Crippen LogP) is 1.92. The van der Waals surface area contributed by atoms with E-state index in [2.05, 4.69) is 6.19 Å². The van der Waals surface area contributed by atoms with E-state index in [1.165, 1.54) is 5.56 Å². The molecule has 0 fully saturated rings. The molecule has 1 rings (SSSR count). The van der Waals surface area contributed by atoms with E-state index in [1.807, 2.05) is 25.1 Å². The largest absolute Gasteiger partial charge is 0.496 e. The number of rotatable bonds is 3. The van der Waals surface area contributed by atoms with Crippen molar-refractivity contribution in [3.05, 3.63) is 29.3 Å². The number of hydrogen-bond acceptors (Lipinski definition) is 3. The Morgan fingerprint density at radius 2 is 2.21 bits per heavy atom. The van der Waals surface area contributed by atoms with Gasteiger partial charge in [-0.25, -0.2) is 0 Å². The van der Waals surface area contributed by atoms with Gasteiger partial charge in [0.1, 0.15) is 5.75 Å². The van der Waals surface area contributed by atoms with Gasteiger partial charge in [-0.2, -0.15) is 5.26 Å². The third kappa shape index (κ3) is 2.40. The summed E-state index contributed by atoms with van der Waals surface area (Å²) >= 11 is 0. The molecule has 1 aromatic carbocycles. The van der Waals surface area contributed by atoms with Crippen molar-refractivity contribution >= 4 is 0 Å². The first-order chi connectivity index (χ1) is 6.67. The van der Waals surface area contributed by atoms with E-state index < -0.39 is 0 Å². The maximum atomic E-state index is 8.66. The van der Waals surface area contributed by atoms with Crippen LogP contribution in [0.5, 0.6) is 5.75 Å². The quantitative estimate of drug-likeness (QED) is 0.539. The molecule has 0 unspecified atom stereocenters. The minimum atomic E-state index is 0.585. The Morgan fingerprint density at radius 3 is 2.79 bits per heavy atom. The molecule has 3 nitrogen and oxygen atoms in total. The van der Waals surface area contributed by atoms with Crippen molar-refractivity contribution in [2.45, 2.75) is 13.5 Å². The Kier molecular flexibility index (Phi) is 3.35. The second-order valence-corrected chi connectivity index (χ2v) is 3.27. The van der Waals surface area contributed by atoms with Gasteiger partial charge in [0.05, 0.1) is 13.7 Å². The Balaban J connectivity index is 2.94. The fourth-order valence-electron chi connectivity index (χ4n) is 1.32. The molecule has 0 atom stereocenters. The molecule has 74 valence electrons. The number of nitrogens with zero attached hydrogens (tertiary/aromatic N) is 2. The van der Waals surface area contributed by atoms with E-state index >= 15 is 0 Å². The first kappa shape index (κ1) is 10.4. The van der Waals surface area contributed by atoms with Gasteiger partial charge in [0, 0.05) is 12.6 Å². The highest BCUT2D eigenvalue weighted by molar-refractivity contribution is 5.36. The first-order valence-electron chi connectivity index (χ1n) is 4.41. The summed E-state index contributed by atoms with van der Waals surface area (Å²) in [5.41, 5.74) is 2.21. The molecule has 0 saturated heterocycles. The third-order valence-electron chi connectivity index (χ3n) is 2.01. The van der Waals surface area contributed by atoms with Crippen LogP contribution in [-0.2, 0) is 6.54 Å². The molecule has 0 amide bonds. The number of benzene rings is 1. The van der Waals surface area contributed by atoms with E-state index in [0.717, 1.165) is 11.3 Å². The molecule has 3 heteroatoms. The van der Waals surface area contributed by atoms with Gasteiger partial charge < -0.3 is 9.64 Å². The standard InChI is InChI=1S/C11H14N2O/c1-9-4-5-11(14-3)10(6-9)7-13(2)8-12/h4-6H,7H2,1-3H3.